The minimum Gasteiger partial charge on any atom is -0.465 e. The average molecular weight is 281 g/mol. The van der Waals surface area contributed by atoms with Gasteiger partial charge in [-0.15, -0.1) is 0 Å². The molecule has 2 heterocycles. The molecule has 0 radical (unpaired) electrons. The standard InChI is InChI=1S/C12H15N3O5/c1-19-12(16)8-5-10(15(17)18)11(13-6-8)14-7-9-3-2-4-20-9/h5-6,9H,2-4,7H2,1H3,(H,13,14). The first-order valence-electron chi connectivity index (χ1n) is 6.20. The molecular formula is C12H15N3O5. The van der Waals surface area contributed by atoms with Gasteiger partial charge in [-0.1, -0.05) is 0 Å². The Labute approximate surface area is 115 Å². The molecule has 8 heteroatoms. The number of carbonyl (C=O) groups excluding carboxylic acids is 1. The molecule has 2 rings (SSSR count). The fraction of sp³-hybridized carbons (Fsp3) is 0.500. The first kappa shape index (κ1) is 14.2. The highest BCUT2D eigenvalue weighted by Gasteiger charge is 2.21. The molecule has 0 bridgehead atoms. The number of hydrogen-bond donors (Lipinski definition) is 1. The number of rotatable bonds is 5. The van der Waals surface area contributed by atoms with Crippen LogP contribution in [0.15, 0.2) is 12.3 Å². The van der Waals surface area contributed by atoms with E-state index >= 15 is 0 Å². The van der Waals surface area contributed by atoms with Crippen molar-refractivity contribution >= 4 is 17.5 Å². The summed E-state index contributed by atoms with van der Waals surface area (Å²) in [4.78, 5) is 25.7. The molecular weight excluding hydrogens is 266 g/mol. The Hall–Kier alpha value is -2.22. The molecule has 0 saturated carbocycles. The van der Waals surface area contributed by atoms with E-state index in [2.05, 4.69) is 15.0 Å². The molecule has 1 aromatic rings. The molecule has 1 aromatic heterocycles. The first-order chi connectivity index (χ1) is 9.61. The van der Waals surface area contributed by atoms with Crippen LogP contribution in [0.4, 0.5) is 11.5 Å². The molecule has 1 aliphatic heterocycles. The predicted molar refractivity (Wildman–Crippen MR) is 69.7 cm³/mol. The number of aromatic nitrogens is 1. The SMILES string of the molecule is COC(=O)c1cnc(NCC2CCCO2)c([N+](=O)[O-])c1. The minimum absolute atomic E-state index is 0.0386. The largest absolute Gasteiger partial charge is 0.465 e. The van der Waals surface area contributed by atoms with Crippen LogP contribution in [0.2, 0.25) is 0 Å². The molecule has 0 spiro atoms. The van der Waals surface area contributed by atoms with Gasteiger partial charge in [0.05, 0.1) is 23.7 Å². The molecule has 20 heavy (non-hydrogen) atoms. The van der Waals surface area contributed by atoms with Gasteiger partial charge in [0, 0.05) is 25.4 Å². The topological polar surface area (TPSA) is 104 Å². The van der Waals surface area contributed by atoms with Crippen molar-refractivity contribution in [2.24, 2.45) is 0 Å². The maximum atomic E-state index is 11.3. The number of esters is 1. The fourth-order valence-corrected chi connectivity index (χ4v) is 1.97. The Bertz CT molecular complexity index is 514. The third kappa shape index (κ3) is 3.21. The summed E-state index contributed by atoms with van der Waals surface area (Å²) in [5.41, 5.74) is -0.215. The van der Waals surface area contributed by atoms with Gasteiger partial charge < -0.3 is 14.8 Å². The lowest BCUT2D eigenvalue weighted by Gasteiger charge is -2.11. The fourth-order valence-electron chi connectivity index (χ4n) is 1.97. The van der Waals surface area contributed by atoms with E-state index < -0.39 is 10.9 Å². The van der Waals surface area contributed by atoms with E-state index in [1.54, 1.807) is 0 Å². The molecule has 1 atom stereocenters. The van der Waals surface area contributed by atoms with Gasteiger partial charge in [-0.3, -0.25) is 10.1 Å². The minimum atomic E-state index is -0.661. The molecule has 1 N–H and O–H groups in total. The van der Waals surface area contributed by atoms with Gasteiger partial charge in [0.25, 0.3) is 0 Å². The zero-order chi connectivity index (χ0) is 14.5. The zero-order valence-corrected chi connectivity index (χ0v) is 11.0. The van der Waals surface area contributed by atoms with E-state index in [1.165, 1.54) is 13.3 Å². The Morgan fingerprint density at radius 1 is 1.70 bits per heavy atom. The summed E-state index contributed by atoms with van der Waals surface area (Å²) in [5, 5.41) is 13.9. The van der Waals surface area contributed by atoms with E-state index in [9.17, 15) is 14.9 Å². The molecule has 1 aliphatic rings. The van der Waals surface area contributed by atoms with E-state index in [0.29, 0.717) is 13.2 Å². The van der Waals surface area contributed by atoms with Crippen molar-refractivity contribution in [1.82, 2.24) is 4.98 Å². The van der Waals surface area contributed by atoms with Crippen molar-refractivity contribution in [3.8, 4) is 0 Å². The second kappa shape index (κ2) is 6.29. The number of hydrogen-bond acceptors (Lipinski definition) is 7. The van der Waals surface area contributed by atoms with Crippen LogP contribution in [0.5, 0.6) is 0 Å². The number of pyridine rings is 1. The third-order valence-corrected chi connectivity index (χ3v) is 3.01. The number of nitro groups is 1. The second-order valence-corrected chi connectivity index (χ2v) is 4.36. The summed E-state index contributed by atoms with van der Waals surface area (Å²) in [5.74, 6) is -0.538. The smallest absolute Gasteiger partial charge is 0.339 e. The summed E-state index contributed by atoms with van der Waals surface area (Å²) in [7, 11) is 1.21. The molecule has 1 saturated heterocycles. The predicted octanol–water partition coefficient (Wildman–Crippen LogP) is 1.37. The number of nitrogens with one attached hydrogen (secondary N) is 1. The van der Waals surface area contributed by atoms with Gasteiger partial charge in [-0.2, -0.15) is 0 Å². The molecule has 8 nitrogen and oxygen atoms in total. The quantitative estimate of drug-likeness (QED) is 0.493. The number of carbonyl (C=O) groups is 1. The molecule has 1 unspecified atom stereocenters. The zero-order valence-electron chi connectivity index (χ0n) is 11.0. The Balaban J connectivity index is 2.14. The van der Waals surface area contributed by atoms with Gasteiger partial charge in [0.1, 0.15) is 0 Å². The van der Waals surface area contributed by atoms with Crippen LogP contribution >= 0.6 is 0 Å². The Morgan fingerprint density at radius 2 is 2.50 bits per heavy atom. The maximum Gasteiger partial charge on any atom is 0.339 e. The van der Waals surface area contributed by atoms with E-state index in [0.717, 1.165) is 18.9 Å². The van der Waals surface area contributed by atoms with E-state index in [-0.39, 0.29) is 23.2 Å². The van der Waals surface area contributed by atoms with Crippen molar-refractivity contribution in [1.29, 1.82) is 0 Å². The highest BCUT2D eigenvalue weighted by Crippen LogP contribution is 2.24. The van der Waals surface area contributed by atoms with Gasteiger partial charge in [-0.25, -0.2) is 9.78 Å². The van der Waals surface area contributed by atoms with Crippen LogP contribution in [-0.4, -0.2) is 42.2 Å². The molecule has 0 aromatic carbocycles. The van der Waals surface area contributed by atoms with Crippen molar-refractivity contribution in [3.63, 3.8) is 0 Å². The number of nitrogens with zero attached hydrogens (tertiary/aromatic N) is 2. The maximum absolute atomic E-state index is 11.3. The van der Waals surface area contributed by atoms with Gasteiger partial charge in [0.2, 0.25) is 5.82 Å². The summed E-state index contributed by atoms with van der Waals surface area (Å²) in [6, 6.07) is 1.15. The van der Waals surface area contributed by atoms with Gasteiger partial charge in [0.15, 0.2) is 0 Å². The van der Waals surface area contributed by atoms with Crippen LogP contribution in [0.25, 0.3) is 0 Å². The van der Waals surface area contributed by atoms with Crippen molar-refractivity contribution < 1.29 is 19.2 Å². The van der Waals surface area contributed by atoms with Crippen LogP contribution in [0.3, 0.4) is 0 Å². The monoisotopic (exact) mass is 281 g/mol. The normalized spacial score (nSPS) is 17.8. The van der Waals surface area contributed by atoms with Crippen molar-refractivity contribution in [2.45, 2.75) is 18.9 Å². The van der Waals surface area contributed by atoms with Crippen LogP contribution in [-0.2, 0) is 9.47 Å². The molecule has 0 amide bonds. The summed E-state index contributed by atoms with van der Waals surface area (Å²) in [6.45, 7) is 1.16. The number of anilines is 1. The lowest BCUT2D eigenvalue weighted by atomic mass is 10.2. The second-order valence-electron chi connectivity index (χ2n) is 4.36. The van der Waals surface area contributed by atoms with Gasteiger partial charge in [-0.05, 0) is 12.8 Å². The Morgan fingerprint density at radius 3 is 3.10 bits per heavy atom. The summed E-state index contributed by atoms with van der Waals surface area (Å²) >= 11 is 0. The van der Waals surface area contributed by atoms with Crippen LogP contribution in [0, 0.1) is 10.1 Å². The van der Waals surface area contributed by atoms with Crippen LogP contribution < -0.4 is 5.32 Å². The highest BCUT2D eigenvalue weighted by molar-refractivity contribution is 5.90. The lowest BCUT2D eigenvalue weighted by molar-refractivity contribution is -0.384. The third-order valence-electron chi connectivity index (χ3n) is 3.01. The van der Waals surface area contributed by atoms with Crippen molar-refractivity contribution in [3.05, 3.63) is 27.9 Å². The number of ether oxygens (including phenoxy) is 2. The summed E-state index contributed by atoms with van der Waals surface area (Å²) < 4.78 is 9.93. The van der Waals surface area contributed by atoms with Gasteiger partial charge >= 0.3 is 11.7 Å². The summed E-state index contributed by atoms with van der Waals surface area (Å²) in [6.07, 6.45) is 3.19. The number of methoxy groups -OCH3 is 1. The lowest BCUT2D eigenvalue weighted by Crippen LogP contribution is -2.19. The highest BCUT2D eigenvalue weighted by atomic mass is 16.6. The van der Waals surface area contributed by atoms with Crippen LogP contribution in [0.1, 0.15) is 23.2 Å². The van der Waals surface area contributed by atoms with E-state index in [4.69, 9.17) is 4.74 Å². The molecule has 1 fully saturated rings. The van der Waals surface area contributed by atoms with E-state index in [1.807, 2.05) is 0 Å². The molecule has 0 aliphatic carbocycles. The Kier molecular flexibility index (Phi) is 4.46. The molecule has 108 valence electrons. The van der Waals surface area contributed by atoms with Crippen molar-refractivity contribution in [2.75, 3.05) is 25.6 Å². The first-order valence-corrected chi connectivity index (χ1v) is 6.20. The average Bonchev–Trinajstić information content (AvgIpc) is 2.97.